The number of amides is 2. The van der Waals surface area contributed by atoms with E-state index in [0.717, 1.165) is 24.3 Å². The topological polar surface area (TPSA) is 311 Å². The van der Waals surface area contributed by atoms with Gasteiger partial charge in [0.15, 0.2) is 0 Å². The number of pyridine rings is 2. The van der Waals surface area contributed by atoms with Gasteiger partial charge in [-0.05, 0) is 36.4 Å². The number of aromatic carboxylic acids is 2. The molecule has 0 saturated heterocycles. The summed E-state index contributed by atoms with van der Waals surface area (Å²) in [5, 5.41) is 41.1. The van der Waals surface area contributed by atoms with Gasteiger partial charge in [-0.2, -0.15) is 0 Å². The molecule has 2 aromatic carbocycles. The van der Waals surface area contributed by atoms with Gasteiger partial charge in [0.1, 0.15) is 0 Å². The van der Waals surface area contributed by atoms with Gasteiger partial charge in [-0.25, -0.2) is 0 Å². The number of hydrogen-bond acceptors (Lipinski definition) is 12. The van der Waals surface area contributed by atoms with Crippen molar-refractivity contribution in [2.75, 3.05) is 0 Å². The van der Waals surface area contributed by atoms with Crippen LogP contribution in [0.4, 0.5) is 11.4 Å². The molecule has 18 heteroatoms. The van der Waals surface area contributed by atoms with Crippen LogP contribution < -0.4 is 21.7 Å². The van der Waals surface area contributed by atoms with E-state index in [9.17, 15) is 49.6 Å². The van der Waals surface area contributed by atoms with Gasteiger partial charge >= 0.3 is 19.5 Å². The fraction of sp³-hybridized carbons (Fsp3) is 0. The van der Waals surface area contributed by atoms with Gasteiger partial charge in [0, 0.05) is 48.0 Å². The number of aromatic nitrogens is 2. The first-order valence-electron chi connectivity index (χ1n) is 11.2. The van der Waals surface area contributed by atoms with E-state index < -0.39 is 56.1 Å². The van der Waals surface area contributed by atoms with Gasteiger partial charge in [-0.1, -0.05) is 24.3 Å². The second kappa shape index (κ2) is 20.8. The van der Waals surface area contributed by atoms with Gasteiger partial charge in [-0.15, -0.1) is 0 Å². The first-order valence-corrected chi connectivity index (χ1v) is 11.2. The van der Waals surface area contributed by atoms with Crippen molar-refractivity contribution in [3.05, 3.63) is 140 Å². The zero-order chi connectivity index (χ0) is 31.7. The maximum absolute atomic E-state index is 10.4. The number of hydrogen-bond donors (Lipinski definition) is 2. The largest absolute Gasteiger partial charge is 2.00 e. The quantitative estimate of drug-likeness (QED) is 0.113. The Morgan fingerprint density at radius 1 is 0.568 bits per heavy atom. The van der Waals surface area contributed by atoms with E-state index in [-0.39, 0.29) is 25.0 Å². The smallest absolute Gasteiger partial charge is 0.545 e. The number of carboxylic acids is 2. The third-order valence-electron chi connectivity index (χ3n) is 4.57. The molecule has 0 radical (unpaired) electrons. The predicted molar refractivity (Wildman–Crippen MR) is 145 cm³/mol. The van der Waals surface area contributed by atoms with Crippen LogP contribution in [0, 0.1) is 20.2 Å². The van der Waals surface area contributed by atoms with E-state index in [4.69, 9.17) is 11.5 Å². The van der Waals surface area contributed by atoms with Crippen molar-refractivity contribution in [2.24, 2.45) is 11.5 Å². The minimum absolute atomic E-state index is 0. The van der Waals surface area contributed by atoms with Crippen LogP contribution in [0.15, 0.2) is 97.6 Å². The fourth-order valence-electron chi connectivity index (χ4n) is 2.64. The molecule has 0 saturated carbocycles. The van der Waals surface area contributed by atoms with Crippen molar-refractivity contribution in [3.8, 4) is 0 Å². The van der Waals surface area contributed by atoms with E-state index in [1.807, 2.05) is 0 Å². The molecule has 7 N–H and O–H groups in total. The van der Waals surface area contributed by atoms with Crippen LogP contribution in [0.1, 0.15) is 41.4 Å². The molecule has 0 atom stereocenters. The zero-order valence-electron chi connectivity index (χ0n) is 22.5. The molecule has 2 amide bonds. The van der Waals surface area contributed by atoms with Gasteiger partial charge in [0.25, 0.3) is 11.4 Å². The molecule has 0 unspecified atom stereocenters. The molecule has 2 aromatic heterocycles. The number of nitro benzene ring substituents is 2. The summed E-state index contributed by atoms with van der Waals surface area (Å²) >= 11 is 0. The Balaban J connectivity index is 0. The first kappa shape index (κ1) is 40.1. The molecule has 0 aliphatic heterocycles. The minimum Gasteiger partial charge on any atom is -0.545 e. The Morgan fingerprint density at radius 2 is 0.841 bits per heavy atom. The van der Waals surface area contributed by atoms with Crippen LogP contribution in [0.5, 0.6) is 0 Å². The van der Waals surface area contributed by atoms with Gasteiger partial charge in [-0.3, -0.25) is 39.8 Å². The zero-order valence-corrected chi connectivity index (χ0v) is 25.5. The molecular weight excluding hydrogens is 638 g/mol. The average molecular weight is 661 g/mol. The molecule has 0 bridgehead atoms. The number of rotatable bonds is 6. The third kappa shape index (κ3) is 14.1. The van der Waals surface area contributed by atoms with Crippen molar-refractivity contribution >= 4 is 35.1 Å². The molecule has 0 spiro atoms. The van der Waals surface area contributed by atoms with E-state index in [1.54, 1.807) is 24.3 Å². The summed E-state index contributed by atoms with van der Waals surface area (Å²) in [6.07, 6.45) is 6.11. The van der Waals surface area contributed by atoms with Crippen LogP contribution >= 0.6 is 0 Å². The van der Waals surface area contributed by atoms with Gasteiger partial charge < -0.3 is 36.7 Å². The summed E-state index contributed by atoms with van der Waals surface area (Å²) in [4.78, 5) is 67.8. The standard InChI is InChI=1S/2C7H5NO4.2C6H6N2O.H2O.Zn/c2*9-7(10)5-3-1-2-4-6(5)8(11)12;2*7-6(9)5-1-3-8-4-2-5;;/h2*1-4H,(H,9,10);2*1-4H,(H2,7,9);1H2;/q;;;;;+2/p-1. The number of carbonyl (C=O) groups excluding carboxylic acids is 4. The average Bonchev–Trinajstić information content (AvgIpc) is 2.99. The SMILES string of the molecule is NC(=O)c1ccncc1.NC(=O)c1ccncc1.O=C([O-])c1ccccc1[N+](=O)[O-].O=C([O-])c1ccccc1[N+](=O)[O-].[OH3+].[Zn+2]. The third-order valence-corrected chi connectivity index (χ3v) is 4.57. The van der Waals surface area contributed by atoms with Crippen LogP contribution in [-0.2, 0) is 25.0 Å². The molecule has 17 nitrogen and oxygen atoms in total. The van der Waals surface area contributed by atoms with Crippen LogP contribution in [0.25, 0.3) is 0 Å². The number of nitrogens with two attached hydrogens (primary N) is 2. The maximum atomic E-state index is 10.4. The summed E-state index contributed by atoms with van der Waals surface area (Å²) in [5.74, 6) is -3.92. The minimum atomic E-state index is -1.54. The number of para-hydroxylation sites is 2. The summed E-state index contributed by atoms with van der Waals surface area (Å²) < 4.78 is 0. The van der Waals surface area contributed by atoms with E-state index >= 15 is 0 Å². The van der Waals surface area contributed by atoms with Crippen molar-refractivity contribution in [3.63, 3.8) is 0 Å². The van der Waals surface area contributed by atoms with Crippen molar-refractivity contribution in [1.29, 1.82) is 0 Å². The van der Waals surface area contributed by atoms with Crippen LogP contribution in [0.3, 0.4) is 0 Å². The van der Waals surface area contributed by atoms with Crippen LogP contribution in [-0.4, -0.2) is 43.6 Å². The molecular formula is C26H23N6O11Zn+. The Kier molecular flexibility index (Phi) is 19.0. The number of nitro groups is 2. The molecule has 0 aliphatic rings. The Hall–Kier alpha value is -6.00. The van der Waals surface area contributed by atoms with E-state index in [1.165, 1.54) is 49.1 Å². The van der Waals surface area contributed by atoms with Gasteiger partial charge in [0.2, 0.25) is 11.8 Å². The van der Waals surface area contributed by atoms with E-state index in [0.29, 0.717) is 11.1 Å². The first-order chi connectivity index (χ1) is 19.9. The van der Waals surface area contributed by atoms with E-state index in [2.05, 4.69) is 9.97 Å². The fourth-order valence-corrected chi connectivity index (χ4v) is 2.64. The number of carboxylic acid groups (broad SMARTS) is 2. The second-order valence-electron chi connectivity index (χ2n) is 7.32. The second-order valence-corrected chi connectivity index (χ2v) is 7.32. The monoisotopic (exact) mass is 659 g/mol. The Labute approximate surface area is 260 Å². The maximum Gasteiger partial charge on any atom is 2.00 e. The van der Waals surface area contributed by atoms with Gasteiger partial charge in [0.05, 0.1) is 32.9 Å². The molecule has 0 fully saturated rings. The summed E-state index contributed by atoms with van der Waals surface area (Å²) in [6.45, 7) is 0. The summed E-state index contributed by atoms with van der Waals surface area (Å²) in [5.41, 5.74) is 9.18. The number of benzene rings is 2. The summed E-state index contributed by atoms with van der Waals surface area (Å²) in [7, 11) is 0. The summed E-state index contributed by atoms with van der Waals surface area (Å²) in [6, 6.07) is 16.4. The molecule has 224 valence electrons. The number of primary amides is 2. The number of nitrogens with zero attached hydrogens (tertiary/aromatic N) is 4. The molecule has 0 aliphatic carbocycles. The Bertz CT molecular complexity index is 1380. The predicted octanol–water partition coefficient (Wildman–Crippen LogP) is -0.647. The van der Waals surface area contributed by atoms with Crippen molar-refractivity contribution in [2.45, 2.75) is 0 Å². The number of carbonyl (C=O) groups is 4. The van der Waals surface area contributed by atoms with Crippen molar-refractivity contribution < 1.29 is 64.2 Å². The molecule has 44 heavy (non-hydrogen) atoms. The normalized spacial score (nSPS) is 8.73. The Morgan fingerprint density at radius 3 is 1.02 bits per heavy atom. The van der Waals surface area contributed by atoms with Crippen LogP contribution in [0.2, 0.25) is 0 Å². The molecule has 4 aromatic rings. The molecule has 4 rings (SSSR count). The van der Waals surface area contributed by atoms with Crippen molar-refractivity contribution in [1.82, 2.24) is 9.97 Å². The molecule has 2 heterocycles.